The number of rotatable bonds is 5. The quantitative estimate of drug-likeness (QED) is 0.831. The van der Waals surface area contributed by atoms with Gasteiger partial charge in [-0.25, -0.2) is 0 Å². The molecule has 0 unspecified atom stereocenters. The first-order chi connectivity index (χ1) is 10.8. The van der Waals surface area contributed by atoms with Gasteiger partial charge in [-0.3, -0.25) is 4.90 Å². The molecule has 1 atom stereocenters. The van der Waals surface area contributed by atoms with Crippen molar-refractivity contribution in [1.29, 1.82) is 0 Å². The molecule has 2 aromatic rings. The van der Waals surface area contributed by atoms with E-state index in [1.807, 2.05) is 12.1 Å². The molecule has 0 aromatic heterocycles. The van der Waals surface area contributed by atoms with Gasteiger partial charge in [0.15, 0.2) is 0 Å². The summed E-state index contributed by atoms with van der Waals surface area (Å²) in [4.78, 5) is 2.56. The Hall–Kier alpha value is -2.00. The maximum Gasteiger partial charge on any atom is 0.118 e. The van der Waals surface area contributed by atoms with Crippen molar-refractivity contribution in [3.8, 4) is 11.5 Å². The second-order valence-electron chi connectivity index (χ2n) is 5.75. The van der Waals surface area contributed by atoms with Gasteiger partial charge in [0.25, 0.3) is 0 Å². The maximum absolute atomic E-state index is 5.25. The molecule has 1 saturated heterocycles. The van der Waals surface area contributed by atoms with Crippen molar-refractivity contribution in [2.45, 2.75) is 25.4 Å². The Labute approximate surface area is 132 Å². The van der Waals surface area contributed by atoms with Gasteiger partial charge in [-0.1, -0.05) is 24.3 Å². The van der Waals surface area contributed by atoms with E-state index >= 15 is 0 Å². The van der Waals surface area contributed by atoms with E-state index in [9.17, 15) is 0 Å². The average Bonchev–Trinajstić information content (AvgIpc) is 3.04. The fourth-order valence-electron chi connectivity index (χ4n) is 3.18. The van der Waals surface area contributed by atoms with Crippen molar-refractivity contribution < 1.29 is 9.47 Å². The van der Waals surface area contributed by atoms with E-state index < -0.39 is 0 Å². The van der Waals surface area contributed by atoms with E-state index in [0.29, 0.717) is 6.04 Å². The first kappa shape index (κ1) is 14.9. The van der Waals surface area contributed by atoms with Crippen LogP contribution in [0.2, 0.25) is 0 Å². The molecular weight excluding hydrogens is 274 g/mol. The molecule has 3 rings (SSSR count). The molecule has 0 N–H and O–H groups in total. The lowest BCUT2D eigenvalue weighted by Gasteiger charge is -2.25. The predicted octanol–water partition coefficient (Wildman–Crippen LogP) is 4.04. The number of ether oxygens (including phenoxy) is 2. The van der Waals surface area contributed by atoms with Crippen molar-refractivity contribution in [3.05, 3.63) is 59.7 Å². The van der Waals surface area contributed by atoms with Crippen LogP contribution in [-0.4, -0.2) is 25.7 Å². The van der Waals surface area contributed by atoms with Gasteiger partial charge in [-0.05, 0) is 54.8 Å². The van der Waals surface area contributed by atoms with Crippen LogP contribution in [0.5, 0.6) is 11.5 Å². The molecule has 116 valence electrons. The van der Waals surface area contributed by atoms with Crippen LogP contribution >= 0.6 is 0 Å². The zero-order chi connectivity index (χ0) is 15.4. The second kappa shape index (κ2) is 6.84. The van der Waals surface area contributed by atoms with Crippen LogP contribution in [0.4, 0.5) is 0 Å². The van der Waals surface area contributed by atoms with Crippen LogP contribution < -0.4 is 9.47 Å². The van der Waals surface area contributed by atoms with Crippen molar-refractivity contribution in [2.24, 2.45) is 0 Å². The van der Waals surface area contributed by atoms with Crippen LogP contribution in [0.25, 0.3) is 0 Å². The Morgan fingerprint density at radius 2 is 1.50 bits per heavy atom. The van der Waals surface area contributed by atoms with Crippen LogP contribution in [-0.2, 0) is 6.54 Å². The van der Waals surface area contributed by atoms with Gasteiger partial charge < -0.3 is 9.47 Å². The fourth-order valence-corrected chi connectivity index (χ4v) is 3.18. The topological polar surface area (TPSA) is 21.7 Å². The fraction of sp³-hybridized carbons (Fsp3) is 0.368. The molecule has 22 heavy (non-hydrogen) atoms. The van der Waals surface area contributed by atoms with Crippen molar-refractivity contribution >= 4 is 0 Å². The third-order valence-electron chi connectivity index (χ3n) is 4.41. The molecule has 0 saturated carbocycles. The van der Waals surface area contributed by atoms with Crippen molar-refractivity contribution in [3.63, 3.8) is 0 Å². The molecule has 0 bridgehead atoms. The molecular formula is C19H23NO2. The Bertz CT molecular complexity index is 592. The zero-order valence-corrected chi connectivity index (χ0v) is 13.3. The SMILES string of the molecule is COc1ccc(CN2CCC[C@@H]2c2ccc(OC)cc2)cc1. The van der Waals surface area contributed by atoms with Gasteiger partial charge in [-0.2, -0.15) is 0 Å². The predicted molar refractivity (Wildman–Crippen MR) is 88.4 cm³/mol. The van der Waals surface area contributed by atoms with Gasteiger partial charge in [0.05, 0.1) is 14.2 Å². The van der Waals surface area contributed by atoms with E-state index in [2.05, 4.69) is 41.3 Å². The summed E-state index contributed by atoms with van der Waals surface area (Å²) in [5, 5.41) is 0. The van der Waals surface area contributed by atoms with Crippen LogP contribution in [0.3, 0.4) is 0 Å². The molecule has 3 nitrogen and oxygen atoms in total. The molecule has 3 heteroatoms. The van der Waals surface area contributed by atoms with Gasteiger partial charge in [-0.15, -0.1) is 0 Å². The summed E-state index contributed by atoms with van der Waals surface area (Å²) in [7, 11) is 3.41. The Balaban J connectivity index is 1.71. The summed E-state index contributed by atoms with van der Waals surface area (Å²) in [6, 6.07) is 17.4. The molecule has 2 aromatic carbocycles. The van der Waals surface area contributed by atoms with Gasteiger partial charge in [0.1, 0.15) is 11.5 Å². The normalized spacial score (nSPS) is 18.4. The average molecular weight is 297 g/mol. The molecule has 0 spiro atoms. The zero-order valence-electron chi connectivity index (χ0n) is 13.3. The number of hydrogen-bond acceptors (Lipinski definition) is 3. The summed E-state index contributed by atoms with van der Waals surface area (Å²) in [5.41, 5.74) is 2.72. The van der Waals surface area contributed by atoms with Gasteiger partial charge >= 0.3 is 0 Å². The number of nitrogens with zero attached hydrogens (tertiary/aromatic N) is 1. The molecule has 1 aliphatic rings. The van der Waals surface area contributed by atoms with E-state index in [0.717, 1.165) is 24.6 Å². The van der Waals surface area contributed by atoms with E-state index in [4.69, 9.17) is 9.47 Å². The highest BCUT2D eigenvalue weighted by Crippen LogP contribution is 2.34. The maximum atomic E-state index is 5.25. The van der Waals surface area contributed by atoms with E-state index in [1.165, 1.54) is 24.0 Å². The number of likely N-dealkylation sites (tertiary alicyclic amines) is 1. The molecule has 0 amide bonds. The number of methoxy groups -OCH3 is 2. The summed E-state index contributed by atoms with van der Waals surface area (Å²) in [6.07, 6.45) is 2.48. The smallest absolute Gasteiger partial charge is 0.118 e. The minimum atomic E-state index is 0.507. The largest absolute Gasteiger partial charge is 0.497 e. The summed E-state index contributed by atoms with van der Waals surface area (Å²) >= 11 is 0. The standard InChI is InChI=1S/C19H23NO2/c1-21-17-9-5-15(6-10-17)14-20-13-3-4-19(20)16-7-11-18(22-2)12-8-16/h5-12,19H,3-4,13-14H2,1-2H3/t19-/m1/s1. The second-order valence-corrected chi connectivity index (χ2v) is 5.75. The van der Waals surface area contributed by atoms with E-state index in [-0.39, 0.29) is 0 Å². The minimum Gasteiger partial charge on any atom is -0.497 e. The van der Waals surface area contributed by atoms with Gasteiger partial charge in [0.2, 0.25) is 0 Å². The Kier molecular flexibility index (Phi) is 4.64. The van der Waals surface area contributed by atoms with Crippen LogP contribution in [0.15, 0.2) is 48.5 Å². The highest BCUT2D eigenvalue weighted by molar-refractivity contribution is 5.30. The molecule has 0 aliphatic carbocycles. The highest BCUT2D eigenvalue weighted by Gasteiger charge is 2.25. The molecule has 1 aliphatic heterocycles. The molecule has 0 radical (unpaired) electrons. The van der Waals surface area contributed by atoms with Gasteiger partial charge in [0, 0.05) is 12.6 Å². The lowest BCUT2D eigenvalue weighted by molar-refractivity contribution is 0.248. The third kappa shape index (κ3) is 3.25. The Morgan fingerprint density at radius 1 is 0.909 bits per heavy atom. The Morgan fingerprint density at radius 3 is 2.09 bits per heavy atom. The number of benzene rings is 2. The number of hydrogen-bond donors (Lipinski definition) is 0. The summed E-state index contributed by atoms with van der Waals surface area (Å²) in [6.45, 7) is 2.14. The lowest BCUT2D eigenvalue weighted by atomic mass is 10.0. The third-order valence-corrected chi connectivity index (χ3v) is 4.41. The first-order valence-electron chi connectivity index (χ1n) is 7.81. The molecule has 1 heterocycles. The van der Waals surface area contributed by atoms with Crippen molar-refractivity contribution in [1.82, 2.24) is 4.90 Å². The molecule has 1 fully saturated rings. The van der Waals surface area contributed by atoms with Crippen molar-refractivity contribution in [2.75, 3.05) is 20.8 Å². The first-order valence-corrected chi connectivity index (χ1v) is 7.81. The summed E-state index contributed by atoms with van der Waals surface area (Å²) < 4.78 is 10.5. The summed E-state index contributed by atoms with van der Waals surface area (Å²) in [5.74, 6) is 1.83. The lowest BCUT2D eigenvalue weighted by Crippen LogP contribution is -2.22. The monoisotopic (exact) mass is 297 g/mol. The highest BCUT2D eigenvalue weighted by atomic mass is 16.5. The van der Waals surface area contributed by atoms with Crippen LogP contribution in [0, 0.1) is 0 Å². The van der Waals surface area contributed by atoms with E-state index in [1.54, 1.807) is 14.2 Å². The van der Waals surface area contributed by atoms with Crippen LogP contribution in [0.1, 0.15) is 30.0 Å². The minimum absolute atomic E-state index is 0.507.